The lowest BCUT2D eigenvalue weighted by Crippen LogP contribution is -2.38. The molecule has 0 aromatic carbocycles. The van der Waals surface area contributed by atoms with E-state index in [-0.39, 0.29) is 11.9 Å². The summed E-state index contributed by atoms with van der Waals surface area (Å²) in [4.78, 5) is 11.7. The maximum atomic E-state index is 11.7. The fourth-order valence-corrected chi connectivity index (χ4v) is 2.90. The highest BCUT2D eigenvalue weighted by Gasteiger charge is 2.40. The minimum Gasteiger partial charge on any atom is -0.466 e. The quantitative estimate of drug-likeness (QED) is 0.679. The van der Waals surface area contributed by atoms with Gasteiger partial charge in [-0.2, -0.15) is 0 Å². The molecule has 80 valence electrons. The Balaban J connectivity index is 1.99. The molecule has 1 aliphatic carbocycles. The Morgan fingerprint density at radius 1 is 1.43 bits per heavy atom. The maximum Gasteiger partial charge on any atom is 0.309 e. The van der Waals surface area contributed by atoms with E-state index in [4.69, 9.17) is 4.74 Å². The number of carbonyl (C=O) groups is 1. The molecule has 3 heteroatoms. The molecule has 0 aromatic rings. The molecule has 0 aromatic heterocycles. The van der Waals surface area contributed by atoms with Crippen molar-refractivity contribution in [2.24, 2.45) is 11.8 Å². The predicted octanol–water partition coefficient (Wildman–Crippen LogP) is 1.33. The van der Waals surface area contributed by atoms with Gasteiger partial charge in [0.25, 0.3) is 0 Å². The molecule has 0 amide bonds. The van der Waals surface area contributed by atoms with Gasteiger partial charge in [-0.25, -0.2) is 0 Å². The van der Waals surface area contributed by atoms with Gasteiger partial charge in [-0.15, -0.1) is 0 Å². The van der Waals surface area contributed by atoms with Crippen molar-refractivity contribution in [2.75, 3.05) is 13.2 Å². The highest BCUT2D eigenvalue weighted by molar-refractivity contribution is 5.73. The molecule has 3 atom stereocenters. The first-order chi connectivity index (χ1) is 6.83. The van der Waals surface area contributed by atoms with Gasteiger partial charge in [0.05, 0.1) is 12.5 Å². The van der Waals surface area contributed by atoms with Gasteiger partial charge >= 0.3 is 5.97 Å². The van der Waals surface area contributed by atoms with Crippen LogP contribution >= 0.6 is 0 Å². The Morgan fingerprint density at radius 3 is 3.07 bits per heavy atom. The van der Waals surface area contributed by atoms with Crippen LogP contribution in [0.15, 0.2) is 0 Å². The second kappa shape index (κ2) is 4.30. The Morgan fingerprint density at radius 2 is 2.29 bits per heavy atom. The summed E-state index contributed by atoms with van der Waals surface area (Å²) < 4.78 is 5.12. The first kappa shape index (κ1) is 9.97. The standard InChI is InChI=1S/C11H19NO2/c1-2-14-11(13)9-4-3-5-10-8(9)6-7-12-10/h8-10,12H,2-7H2,1H3/t8-,9+,10+/m0/s1. The average molecular weight is 197 g/mol. The zero-order valence-electron chi connectivity index (χ0n) is 8.79. The number of rotatable bonds is 2. The number of fused-ring (bicyclic) bond motifs is 1. The van der Waals surface area contributed by atoms with Crippen molar-refractivity contribution in [2.45, 2.75) is 38.6 Å². The van der Waals surface area contributed by atoms with Crippen LogP contribution in [-0.2, 0) is 9.53 Å². The SMILES string of the molecule is CCOC(=O)[C@@H]1CCC[C@H]2NCC[C@H]21. The van der Waals surface area contributed by atoms with Crippen LogP contribution in [0.3, 0.4) is 0 Å². The van der Waals surface area contributed by atoms with Crippen LogP contribution in [0, 0.1) is 11.8 Å². The molecule has 1 heterocycles. The second-order valence-corrected chi connectivity index (χ2v) is 4.30. The first-order valence-electron chi connectivity index (χ1n) is 5.73. The number of nitrogens with one attached hydrogen (secondary N) is 1. The molecule has 3 nitrogen and oxygen atoms in total. The summed E-state index contributed by atoms with van der Waals surface area (Å²) in [5, 5.41) is 3.48. The summed E-state index contributed by atoms with van der Waals surface area (Å²) in [5.41, 5.74) is 0. The van der Waals surface area contributed by atoms with Crippen molar-refractivity contribution in [3.8, 4) is 0 Å². The summed E-state index contributed by atoms with van der Waals surface area (Å²) >= 11 is 0. The molecule has 1 saturated carbocycles. The van der Waals surface area contributed by atoms with Gasteiger partial charge in [0.2, 0.25) is 0 Å². The van der Waals surface area contributed by atoms with Gasteiger partial charge in [0.15, 0.2) is 0 Å². The van der Waals surface area contributed by atoms with Gasteiger partial charge in [-0.3, -0.25) is 4.79 Å². The zero-order valence-corrected chi connectivity index (χ0v) is 8.79. The van der Waals surface area contributed by atoms with Gasteiger partial charge in [-0.1, -0.05) is 6.42 Å². The summed E-state index contributed by atoms with van der Waals surface area (Å²) in [7, 11) is 0. The summed E-state index contributed by atoms with van der Waals surface area (Å²) in [6, 6.07) is 0.582. The zero-order chi connectivity index (χ0) is 9.97. The molecule has 0 unspecified atom stereocenters. The minimum absolute atomic E-state index is 0.0332. The lowest BCUT2D eigenvalue weighted by molar-refractivity contribution is -0.151. The van der Waals surface area contributed by atoms with Crippen LogP contribution < -0.4 is 5.32 Å². The van der Waals surface area contributed by atoms with Crippen LogP contribution in [0.25, 0.3) is 0 Å². The predicted molar refractivity (Wildman–Crippen MR) is 53.9 cm³/mol. The lowest BCUT2D eigenvalue weighted by Gasteiger charge is -2.31. The van der Waals surface area contributed by atoms with E-state index in [0.29, 0.717) is 18.6 Å². The topological polar surface area (TPSA) is 38.3 Å². The molecular formula is C11H19NO2. The maximum absolute atomic E-state index is 11.7. The van der Waals surface area contributed by atoms with E-state index in [1.165, 1.54) is 6.42 Å². The number of carbonyl (C=O) groups excluding carboxylic acids is 1. The van der Waals surface area contributed by atoms with Gasteiger partial charge in [-0.05, 0) is 38.6 Å². The largest absolute Gasteiger partial charge is 0.466 e. The molecule has 0 bridgehead atoms. The highest BCUT2D eigenvalue weighted by Crippen LogP contribution is 2.36. The van der Waals surface area contributed by atoms with Crippen molar-refractivity contribution < 1.29 is 9.53 Å². The summed E-state index contributed by atoms with van der Waals surface area (Å²) in [5.74, 6) is 0.748. The summed E-state index contributed by atoms with van der Waals surface area (Å²) in [6.07, 6.45) is 4.58. The Labute approximate surface area is 85.2 Å². The molecule has 0 radical (unpaired) electrons. The van der Waals surface area contributed by atoms with E-state index >= 15 is 0 Å². The van der Waals surface area contributed by atoms with Gasteiger partial charge in [0, 0.05) is 6.04 Å². The molecule has 2 rings (SSSR count). The van der Waals surface area contributed by atoms with Crippen molar-refractivity contribution in [1.82, 2.24) is 5.32 Å². The van der Waals surface area contributed by atoms with Crippen LogP contribution in [-0.4, -0.2) is 25.2 Å². The average Bonchev–Trinajstić information content (AvgIpc) is 2.65. The van der Waals surface area contributed by atoms with Crippen molar-refractivity contribution in [1.29, 1.82) is 0 Å². The highest BCUT2D eigenvalue weighted by atomic mass is 16.5. The monoisotopic (exact) mass is 197 g/mol. The van der Waals surface area contributed by atoms with Crippen molar-refractivity contribution in [3.63, 3.8) is 0 Å². The van der Waals surface area contributed by atoms with Crippen LogP contribution in [0.4, 0.5) is 0 Å². The van der Waals surface area contributed by atoms with Crippen LogP contribution in [0.1, 0.15) is 32.6 Å². The Bertz CT molecular complexity index is 217. The number of esters is 1. The molecule has 2 fully saturated rings. The fraction of sp³-hybridized carbons (Fsp3) is 0.909. The Hall–Kier alpha value is -0.570. The third-order valence-electron chi connectivity index (χ3n) is 3.54. The number of hydrogen-bond donors (Lipinski definition) is 1. The second-order valence-electron chi connectivity index (χ2n) is 4.30. The van der Waals surface area contributed by atoms with E-state index < -0.39 is 0 Å². The normalized spacial score (nSPS) is 36.5. The molecule has 0 spiro atoms. The summed E-state index contributed by atoms with van der Waals surface area (Å²) in [6.45, 7) is 3.47. The van der Waals surface area contributed by atoms with Crippen LogP contribution in [0.2, 0.25) is 0 Å². The number of hydrogen-bond acceptors (Lipinski definition) is 3. The third kappa shape index (κ3) is 1.78. The van der Waals surface area contributed by atoms with Gasteiger partial charge in [0.1, 0.15) is 0 Å². The first-order valence-corrected chi connectivity index (χ1v) is 5.73. The van der Waals surface area contributed by atoms with E-state index in [1.807, 2.05) is 6.92 Å². The smallest absolute Gasteiger partial charge is 0.309 e. The Kier molecular flexibility index (Phi) is 3.06. The van der Waals surface area contributed by atoms with Crippen molar-refractivity contribution >= 4 is 5.97 Å². The van der Waals surface area contributed by atoms with E-state index in [1.54, 1.807) is 0 Å². The van der Waals surface area contributed by atoms with Crippen molar-refractivity contribution in [3.05, 3.63) is 0 Å². The third-order valence-corrected chi connectivity index (χ3v) is 3.54. The van der Waals surface area contributed by atoms with Crippen LogP contribution in [0.5, 0.6) is 0 Å². The molecule has 2 aliphatic rings. The van der Waals surface area contributed by atoms with E-state index in [0.717, 1.165) is 25.8 Å². The lowest BCUT2D eigenvalue weighted by atomic mass is 9.76. The molecule has 1 aliphatic heterocycles. The molecule has 1 saturated heterocycles. The minimum atomic E-state index is 0.0332. The molecular weight excluding hydrogens is 178 g/mol. The van der Waals surface area contributed by atoms with Gasteiger partial charge < -0.3 is 10.1 Å². The van der Waals surface area contributed by atoms with E-state index in [2.05, 4.69) is 5.32 Å². The fourth-order valence-electron chi connectivity index (χ4n) is 2.90. The molecule has 1 N–H and O–H groups in total. The van der Waals surface area contributed by atoms with E-state index in [9.17, 15) is 4.79 Å². The number of ether oxygens (including phenoxy) is 1. The molecule has 14 heavy (non-hydrogen) atoms.